The number of hydrogen-bond acceptors (Lipinski definition) is 7. The number of hydrogen-bond donors (Lipinski definition) is 5. The zero-order valence-electron chi connectivity index (χ0n) is 20.2. The molecular weight excluding hydrogens is 412 g/mol. The van der Waals surface area contributed by atoms with Crippen molar-refractivity contribution in [3.05, 3.63) is 11.6 Å². The maximum Gasteiger partial charge on any atom is 0.186 e. The van der Waals surface area contributed by atoms with Crippen LogP contribution in [-0.2, 0) is 9.47 Å². The lowest BCUT2D eigenvalue weighted by Crippen LogP contribution is -2.62. The molecule has 3 rings (SSSR count). The van der Waals surface area contributed by atoms with Crippen LogP contribution >= 0.6 is 0 Å². The van der Waals surface area contributed by atoms with Crippen LogP contribution in [0.3, 0.4) is 0 Å². The van der Waals surface area contributed by atoms with Gasteiger partial charge in [-0.25, -0.2) is 0 Å². The molecule has 1 heterocycles. The molecule has 0 aromatic carbocycles. The second kappa shape index (κ2) is 9.98. The van der Waals surface area contributed by atoms with Crippen molar-refractivity contribution in [3.63, 3.8) is 0 Å². The smallest absolute Gasteiger partial charge is 0.186 e. The fourth-order valence-corrected chi connectivity index (χ4v) is 7.24. The van der Waals surface area contributed by atoms with Gasteiger partial charge in [0.05, 0.1) is 25.4 Å². The average molecular weight is 457 g/mol. The molecule has 0 radical (unpaired) electrons. The minimum absolute atomic E-state index is 0.0201. The third-order valence-corrected chi connectivity index (χ3v) is 8.92. The number of fused-ring (bicyclic) bond motifs is 1. The Labute approximate surface area is 192 Å². The van der Waals surface area contributed by atoms with E-state index in [2.05, 4.69) is 27.7 Å². The van der Waals surface area contributed by atoms with Gasteiger partial charge in [-0.15, -0.1) is 0 Å². The summed E-state index contributed by atoms with van der Waals surface area (Å²) in [6, 6.07) is 0. The van der Waals surface area contributed by atoms with Gasteiger partial charge in [-0.2, -0.15) is 0 Å². The molecule has 0 bridgehead atoms. The van der Waals surface area contributed by atoms with E-state index in [4.69, 9.17) is 9.47 Å². The molecule has 1 aliphatic heterocycles. The Balaban J connectivity index is 1.90. The lowest BCUT2D eigenvalue weighted by molar-refractivity contribution is -0.323. The highest BCUT2D eigenvalue weighted by Gasteiger charge is 2.59. The van der Waals surface area contributed by atoms with Crippen molar-refractivity contribution in [2.24, 2.45) is 22.7 Å². The van der Waals surface area contributed by atoms with Gasteiger partial charge in [-0.3, -0.25) is 0 Å². The molecule has 3 aliphatic rings. The molecular formula is C25H44O7. The van der Waals surface area contributed by atoms with E-state index in [1.807, 2.05) is 0 Å². The third kappa shape index (κ3) is 4.95. The van der Waals surface area contributed by atoms with E-state index in [0.717, 1.165) is 37.7 Å². The van der Waals surface area contributed by atoms with Crippen LogP contribution in [0.25, 0.3) is 0 Å². The Morgan fingerprint density at radius 1 is 1.03 bits per heavy atom. The number of aliphatic hydroxyl groups excluding tert-OH is 5. The molecule has 0 unspecified atom stereocenters. The minimum atomic E-state index is -1.31. The van der Waals surface area contributed by atoms with Crippen molar-refractivity contribution in [2.45, 2.75) is 103 Å². The molecule has 186 valence electrons. The van der Waals surface area contributed by atoms with Gasteiger partial charge in [0.25, 0.3) is 0 Å². The molecule has 7 nitrogen and oxygen atoms in total. The largest absolute Gasteiger partial charge is 0.392 e. The normalized spacial score (nSPS) is 44.8. The molecule has 3 fully saturated rings. The highest BCUT2D eigenvalue weighted by molar-refractivity contribution is 5.10. The summed E-state index contributed by atoms with van der Waals surface area (Å²) < 4.78 is 12.1. The van der Waals surface area contributed by atoms with E-state index >= 15 is 0 Å². The Morgan fingerprint density at radius 3 is 2.41 bits per heavy atom. The van der Waals surface area contributed by atoms with Gasteiger partial charge >= 0.3 is 0 Å². The van der Waals surface area contributed by atoms with Crippen LogP contribution in [0.15, 0.2) is 11.6 Å². The van der Waals surface area contributed by atoms with Gasteiger partial charge in [-0.05, 0) is 73.7 Å². The maximum absolute atomic E-state index is 10.5. The van der Waals surface area contributed by atoms with Crippen molar-refractivity contribution in [3.8, 4) is 0 Å². The highest BCUT2D eigenvalue weighted by atomic mass is 16.7. The molecule has 2 saturated carbocycles. The number of aliphatic hydroxyl groups is 5. The fourth-order valence-electron chi connectivity index (χ4n) is 7.24. The summed E-state index contributed by atoms with van der Waals surface area (Å²) in [7, 11) is 0. The third-order valence-electron chi connectivity index (χ3n) is 8.92. The van der Waals surface area contributed by atoms with Crippen molar-refractivity contribution < 1.29 is 35.0 Å². The van der Waals surface area contributed by atoms with Gasteiger partial charge in [0.2, 0.25) is 0 Å². The van der Waals surface area contributed by atoms with Crippen molar-refractivity contribution in [1.29, 1.82) is 0 Å². The summed E-state index contributed by atoms with van der Waals surface area (Å²) in [5.41, 5.74) is 0.482. The van der Waals surface area contributed by atoms with Crippen molar-refractivity contribution in [2.75, 3.05) is 19.8 Å². The molecule has 5 N–H and O–H groups in total. The van der Waals surface area contributed by atoms with Crippen LogP contribution < -0.4 is 0 Å². The summed E-state index contributed by atoms with van der Waals surface area (Å²) in [4.78, 5) is 0. The Bertz CT molecular complexity index is 665. The highest BCUT2D eigenvalue weighted by Crippen LogP contribution is 2.64. The summed E-state index contributed by atoms with van der Waals surface area (Å²) in [5, 5.41) is 49.5. The van der Waals surface area contributed by atoms with E-state index in [1.165, 1.54) is 6.42 Å². The lowest BCUT2D eigenvalue weighted by atomic mass is 9.45. The van der Waals surface area contributed by atoms with Crippen molar-refractivity contribution in [1.82, 2.24) is 0 Å². The standard InChI is InChI=1S/C25H44O7/c1-23(2)10-5-11-24(3)18(23)8-12-25(4,19(24)7-6-16(14-27)9-13-26)32-22-21(30)20(29)17(28)15-31-22/h9,17-22,26-30H,5-8,10-15H2,1-4H3/b16-9-/t17-,18-,19+,20-,21-,22-,24-,25+/m0/s1. The van der Waals surface area contributed by atoms with Crippen LogP contribution in [0.2, 0.25) is 0 Å². The Hall–Kier alpha value is -0.540. The molecule has 7 heteroatoms. The topological polar surface area (TPSA) is 120 Å². The van der Waals surface area contributed by atoms with Gasteiger partial charge < -0.3 is 35.0 Å². The zero-order valence-corrected chi connectivity index (χ0v) is 20.2. The molecule has 0 aromatic heterocycles. The SMILES string of the molecule is CC1(C)CCC[C@]2(C)[C@@H](CC/C(=C/CO)CO)[C@](C)(O[C@@H]3OC[C@H](O)[C@H](O)[C@@H]3O)CC[C@@H]12. The van der Waals surface area contributed by atoms with Crippen molar-refractivity contribution >= 4 is 0 Å². The molecule has 0 aromatic rings. The van der Waals surface area contributed by atoms with Gasteiger partial charge in [0.15, 0.2) is 6.29 Å². The van der Waals surface area contributed by atoms with Crippen LogP contribution in [0.5, 0.6) is 0 Å². The zero-order chi connectivity index (χ0) is 23.7. The predicted octanol–water partition coefficient (Wildman–Crippen LogP) is 2.13. The molecule has 0 spiro atoms. The summed E-state index contributed by atoms with van der Waals surface area (Å²) in [5.74, 6) is 0.677. The average Bonchev–Trinajstić information content (AvgIpc) is 2.72. The van der Waals surface area contributed by atoms with E-state index in [0.29, 0.717) is 12.3 Å². The summed E-state index contributed by atoms with van der Waals surface area (Å²) in [6.45, 7) is 8.94. The molecule has 1 saturated heterocycles. The maximum atomic E-state index is 10.5. The number of ether oxygens (including phenoxy) is 2. The Kier molecular flexibility index (Phi) is 8.13. The van der Waals surface area contributed by atoms with E-state index in [-0.39, 0.29) is 36.6 Å². The first-order valence-corrected chi connectivity index (χ1v) is 12.2. The quantitative estimate of drug-likeness (QED) is 0.294. The monoisotopic (exact) mass is 456 g/mol. The van der Waals surface area contributed by atoms with Crippen LogP contribution in [0.4, 0.5) is 0 Å². The molecule has 2 aliphatic carbocycles. The van der Waals surface area contributed by atoms with E-state index < -0.39 is 30.2 Å². The predicted molar refractivity (Wildman–Crippen MR) is 121 cm³/mol. The first-order valence-electron chi connectivity index (χ1n) is 12.2. The second-order valence-corrected chi connectivity index (χ2v) is 11.4. The first kappa shape index (κ1) is 26.1. The molecule has 8 atom stereocenters. The number of rotatable bonds is 7. The van der Waals surface area contributed by atoms with Crippen LogP contribution in [0, 0.1) is 22.7 Å². The van der Waals surface area contributed by atoms with Crippen LogP contribution in [0.1, 0.15) is 72.6 Å². The van der Waals surface area contributed by atoms with Gasteiger partial charge in [0.1, 0.15) is 18.3 Å². The summed E-state index contributed by atoms with van der Waals surface area (Å²) in [6.07, 6.45) is 3.68. The van der Waals surface area contributed by atoms with Crippen LogP contribution in [-0.4, -0.2) is 75.6 Å². The van der Waals surface area contributed by atoms with Gasteiger partial charge in [0, 0.05) is 0 Å². The first-order chi connectivity index (χ1) is 15.0. The lowest BCUT2D eigenvalue weighted by Gasteiger charge is -2.63. The molecule has 0 amide bonds. The van der Waals surface area contributed by atoms with E-state index in [9.17, 15) is 25.5 Å². The Morgan fingerprint density at radius 2 is 1.75 bits per heavy atom. The fraction of sp³-hybridized carbons (Fsp3) is 0.920. The van der Waals surface area contributed by atoms with E-state index in [1.54, 1.807) is 6.08 Å². The van der Waals surface area contributed by atoms with Gasteiger partial charge in [-0.1, -0.05) is 33.3 Å². The molecule has 32 heavy (non-hydrogen) atoms. The summed E-state index contributed by atoms with van der Waals surface area (Å²) >= 11 is 0. The second-order valence-electron chi connectivity index (χ2n) is 11.4. The minimum Gasteiger partial charge on any atom is -0.392 e.